The van der Waals surface area contributed by atoms with Crippen molar-refractivity contribution >= 4 is 29.5 Å². The standard InChI is InChI=1S/C32H30F3N3O9/c1-45-18-3-5-19(6-4-18)47-32(44)37-22-9-2-16-10-11-38-14-17(12-24(39)27(22)29(16)38)31(43)36-23(13-26(41)42)25(40)15-46-30-21(34)8-7-20(33)28(30)35/h3-8,10-11,17,22-23,27H,2,9,12-15H2,1H3,(H,36,43)(H,37,44)(H,41,42). The van der Waals surface area contributed by atoms with E-state index >= 15 is 0 Å². The number of amides is 2. The molecule has 1 aliphatic carbocycles. The van der Waals surface area contributed by atoms with Crippen LogP contribution >= 0.6 is 0 Å². The van der Waals surface area contributed by atoms with Crippen LogP contribution in [0.3, 0.4) is 0 Å². The molecule has 5 rings (SSSR count). The minimum absolute atomic E-state index is 0.0105. The van der Waals surface area contributed by atoms with Gasteiger partial charge in [-0.05, 0) is 60.9 Å². The first-order chi connectivity index (χ1) is 22.4. The number of hydrogen-bond donors (Lipinski definition) is 3. The average Bonchev–Trinajstić information content (AvgIpc) is 3.37. The number of halogens is 3. The van der Waals surface area contributed by atoms with Gasteiger partial charge < -0.3 is 34.5 Å². The molecule has 2 amide bonds. The minimum atomic E-state index is -1.69. The molecule has 12 nitrogen and oxygen atoms in total. The molecule has 0 fully saturated rings. The highest BCUT2D eigenvalue weighted by Gasteiger charge is 2.43. The van der Waals surface area contributed by atoms with E-state index < -0.39 is 83.9 Å². The number of ketones is 2. The second kappa shape index (κ2) is 14.0. The molecule has 1 aromatic heterocycles. The van der Waals surface area contributed by atoms with Crippen LogP contribution < -0.4 is 24.8 Å². The van der Waals surface area contributed by atoms with Crippen LogP contribution in [0, 0.1) is 23.4 Å². The zero-order chi connectivity index (χ0) is 33.8. The molecule has 0 radical (unpaired) electrons. The highest BCUT2D eigenvalue weighted by molar-refractivity contribution is 5.96. The number of hydrogen-bond acceptors (Lipinski definition) is 8. The van der Waals surface area contributed by atoms with Crippen LogP contribution in [0.25, 0.3) is 0 Å². The van der Waals surface area contributed by atoms with E-state index in [1.54, 1.807) is 35.0 Å². The van der Waals surface area contributed by atoms with E-state index in [-0.39, 0.29) is 24.5 Å². The number of carboxylic acids is 1. The van der Waals surface area contributed by atoms with Gasteiger partial charge in [0.1, 0.15) is 29.9 Å². The molecule has 3 N–H and O–H groups in total. The van der Waals surface area contributed by atoms with E-state index in [1.165, 1.54) is 7.11 Å². The molecule has 248 valence electrons. The monoisotopic (exact) mass is 657 g/mol. The third-order valence-corrected chi connectivity index (χ3v) is 8.12. The predicted octanol–water partition coefficient (Wildman–Crippen LogP) is 3.30. The third-order valence-electron chi connectivity index (χ3n) is 8.12. The van der Waals surface area contributed by atoms with Crippen molar-refractivity contribution in [3.8, 4) is 17.2 Å². The SMILES string of the molecule is COc1ccc(OC(=O)NC2CCc3ccn4c3C2C(=O)CC(C(=O)NC(CC(=O)O)C(=O)COc2c(F)ccc(F)c2F)C4)cc1. The summed E-state index contributed by atoms with van der Waals surface area (Å²) in [7, 11) is 1.50. The summed E-state index contributed by atoms with van der Waals surface area (Å²) in [6, 6.07) is 6.93. The van der Waals surface area contributed by atoms with Crippen molar-refractivity contribution in [2.24, 2.45) is 5.92 Å². The van der Waals surface area contributed by atoms with E-state index in [9.17, 15) is 42.3 Å². The number of rotatable bonds is 11. The summed E-state index contributed by atoms with van der Waals surface area (Å²) in [4.78, 5) is 64.3. The Balaban J connectivity index is 1.28. The number of aromatic nitrogens is 1. The van der Waals surface area contributed by atoms with Gasteiger partial charge in [-0.25, -0.2) is 13.6 Å². The lowest BCUT2D eigenvalue weighted by Gasteiger charge is -2.31. The Morgan fingerprint density at radius 3 is 2.43 bits per heavy atom. The summed E-state index contributed by atoms with van der Waals surface area (Å²) in [6.07, 6.45) is 0.704. The Hall–Kier alpha value is -5.34. The van der Waals surface area contributed by atoms with Gasteiger partial charge >= 0.3 is 12.1 Å². The van der Waals surface area contributed by atoms with Crippen LogP contribution in [0.5, 0.6) is 17.2 Å². The number of benzene rings is 2. The second-order valence-electron chi connectivity index (χ2n) is 11.2. The number of nitrogens with zero attached hydrogens (tertiary/aromatic N) is 1. The summed E-state index contributed by atoms with van der Waals surface area (Å²) >= 11 is 0. The lowest BCUT2D eigenvalue weighted by Crippen LogP contribution is -2.47. The number of carbonyl (C=O) groups is 5. The lowest BCUT2D eigenvalue weighted by atomic mass is 9.79. The molecule has 15 heteroatoms. The fourth-order valence-electron chi connectivity index (χ4n) is 5.85. The largest absolute Gasteiger partial charge is 0.497 e. The highest BCUT2D eigenvalue weighted by atomic mass is 19.2. The first-order valence-electron chi connectivity index (χ1n) is 14.6. The van der Waals surface area contributed by atoms with Gasteiger partial charge in [-0.2, -0.15) is 4.39 Å². The van der Waals surface area contributed by atoms with Gasteiger partial charge in [-0.3, -0.25) is 19.2 Å². The summed E-state index contributed by atoms with van der Waals surface area (Å²) in [5.41, 5.74) is 1.51. The number of aryl methyl sites for hydroxylation is 1. The Morgan fingerprint density at radius 1 is 1.02 bits per heavy atom. The number of ether oxygens (including phenoxy) is 3. The molecule has 4 atom stereocenters. The zero-order valence-electron chi connectivity index (χ0n) is 25.0. The first-order valence-corrected chi connectivity index (χ1v) is 14.6. The summed E-state index contributed by atoms with van der Waals surface area (Å²) in [6.45, 7) is -1.07. The summed E-state index contributed by atoms with van der Waals surface area (Å²) < 4.78 is 58.5. The van der Waals surface area contributed by atoms with Gasteiger partial charge in [0.2, 0.25) is 11.7 Å². The van der Waals surface area contributed by atoms with Gasteiger partial charge in [0.25, 0.3) is 0 Å². The van der Waals surface area contributed by atoms with Crippen molar-refractivity contribution in [2.75, 3.05) is 13.7 Å². The van der Waals surface area contributed by atoms with Crippen LogP contribution in [0.1, 0.15) is 36.4 Å². The lowest BCUT2D eigenvalue weighted by molar-refractivity contribution is -0.141. The number of carboxylic acid groups (broad SMARTS) is 1. The van der Waals surface area contributed by atoms with Crippen LogP contribution in [-0.4, -0.2) is 65.0 Å². The van der Waals surface area contributed by atoms with Crippen molar-refractivity contribution in [3.63, 3.8) is 0 Å². The van der Waals surface area contributed by atoms with Crippen molar-refractivity contribution < 1.29 is 56.5 Å². The summed E-state index contributed by atoms with van der Waals surface area (Å²) in [5, 5.41) is 14.5. The molecule has 2 heterocycles. The molecule has 2 aromatic carbocycles. The number of Topliss-reactive ketones (excluding diaryl/α,β-unsaturated/α-hetero) is 2. The topological polar surface area (TPSA) is 162 Å². The van der Waals surface area contributed by atoms with Crippen LogP contribution in [0.4, 0.5) is 18.0 Å². The van der Waals surface area contributed by atoms with Crippen molar-refractivity contribution in [3.05, 3.63) is 77.4 Å². The van der Waals surface area contributed by atoms with Gasteiger partial charge in [0.15, 0.2) is 23.2 Å². The second-order valence-corrected chi connectivity index (χ2v) is 11.2. The maximum Gasteiger partial charge on any atom is 0.412 e. The molecular formula is C32H30F3N3O9. The number of carbonyl (C=O) groups excluding carboxylic acids is 4. The Morgan fingerprint density at radius 2 is 1.72 bits per heavy atom. The fraction of sp³-hybridized carbons (Fsp3) is 0.344. The molecule has 4 unspecified atom stereocenters. The quantitative estimate of drug-likeness (QED) is 0.263. The average molecular weight is 658 g/mol. The van der Waals surface area contributed by atoms with Crippen LogP contribution in [0.2, 0.25) is 0 Å². The molecule has 1 aliphatic heterocycles. The molecular weight excluding hydrogens is 627 g/mol. The molecule has 0 saturated heterocycles. The van der Waals surface area contributed by atoms with E-state index in [4.69, 9.17) is 14.2 Å². The maximum atomic E-state index is 14.0. The highest BCUT2D eigenvalue weighted by Crippen LogP contribution is 2.38. The van der Waals surface area contributed by atoms with Crippen molar-refractivity contribution in [1.82, 2.24) is 15.2 Å². The first kappa shape index (κ1) is 33.0. The molecule has 0 saturated carbocycles. The number of nitrogens with one attached hydrogen (secondary N) is 2. The van der Waals surface area contributed by atoms with E-state index in [0.29, 0.717) is 36.4 Å². The zero-order valence-corrected chi connectivity index (χ0v) is 25.0. The predicted molar refractivity (Wildman–Crippen MR) is 156 cm³/mol. The smallest absolute Gasteiger partial charge is 0.412 e. The Kier molecular flexibility index (Phi) is 9.82. The molecule has 3 aromatic rings. The Bertz CT molecular complexity index is 1710. The van der Waals surface area contributed by atoms with Gasteiger partial charge in [0.05, 0.1) is 25.4 Å². The molecule has 47 heavy (non-hydrogen) atoms. The van der Waals surface area contributed by atoms with Crippen LogP contribution in [-0.2, 0) is 32.1 Å². The van der Waals surface area contributed by atoms with E-state index in [1.807, 2.05) is 6.07 Å². The molecule has 2 aliphatic rings. The van der Waals surface area contributed by atoms with Crippen molar-refractivity contribution in [2.45, 2.75) is 50.2 Å². The minimum Gasteiger partial charge on any atom is -0.497 e. The van der Waals surface area contributed by atoms with Gasteiger partial charge in [-0.1, -0.05) is 0 Å². The van der Waals surface area contributed by atoms with Gasteiger partial charge in [0, 0.05) is 30.9 Å². The number of methoxy groups -OCH3 is 1. The Labute approximate surface area is 265 Å². The maximum absolute atomic E-state index is 14.0. The number of aliphatic carboxylic acids is 1. The fourth-order valence-corrected chi connectivity index (χ4v) is 5.85. The molecule has 0 spiro atoms. The summed E-state index contributed by atoms with van der Waals surface area (Å²) in [5.74, 6) is -10.3. The van der Waals surface area contributed by atoms with Crippen molar-refractivity contribution in [1.29, 1.82) is 0 Å². The van der Waals surface area contributed by atoms with E-state index in [0.717, 1.165) is 5.56 Å². The molecule has 0 bridgehead atoms. The van der Waals surface area contributed by atoms with Gasteiger partial charge in [-0.15, -0.1) is 0 Å². The van der Waals surface area contributed by atoms with Crippen LogP contribution in [0.15, 0.2) is 48.7 Å². The normalized spacial score (nSPS) is 19.1. The van der Waals surface area contributed by atoms with E-state index in [2.05, 4.69) is 10.6 Å². The third kappa shape index (κ3) is 7.39.